The lowest BCUT2D eigenvalue weighted by Gasteiger charge is -2.03. The highest BCUT2D eigenvalue weighted by Crippen LogP contribution is 2.08. The van der Waals surface area contributed by atoms with Crippen molar-refractivity contribution in [2.75, 3.05) is 6.26 Å². The summed E-state index contributed by atoms with van der Waals surface area (Å²) in [6, 6.07) is 0. The number of nitrogens with zero attached hydrogens (tertiary/aromatic N) is 1. The fraction of sp³-hybridized carbons (Fsp3) is 0.444. The lowest BCUT2D eigenvalue weighted by molar-refractivity contribution is -0.116. The molecule has 14 heavy (non-hydrogen) atoms. The Balaban J connectivity index is 3.18. The summed E-state index contributed by atoms with van der Waals surface area (Å²) in [5.74, 6) is -0.0303. The van der Waals surface area contributed by atoms with Crippen LogP contribution in [0.3, 0.4) is 0 Å². The van der Waals surface area contributed by atoms with Crippen LogP contribution in [0.4, 0.5) is 0 Å². The molecule has 4 nitrogen and oxygen atoms in total. The number of aromatic nitrogens is 2. The third kappa shape index (κ3) is 2.45. The topological polar surface area (TPSA) is 62.8 Å². The number of ketones is 1. The molecule has 0 atom stereocenters. The lowest BCUT2D eigenvalue weighted by atomic mass is 10.1. The third-order valence-corrected chi connectivity index (χ3v) is 2.40. The summed E-state index contributed by atoms with van der Waals surface area (Å²) < 4.78 is 0. The summed E-state index contributed by atoms with van der Waals surface area (Å²) in [6.45, 7) is 3.20. The summed E-state index contributed by atoms with van der Waals surface area (Å²) in [7, 11) is 0. The molecule has 1 heterocycles. The monoisotopic (exact) mass is 212 g/mol. The number of carbonyl (C=O) groups excluding carboxylic acids is 1. The Morgan fingerprint density at radius 3 is 2.64 bits per heavy atom. The van der Waals surface area contributed by atoms with Gasteiger partial charge < -0.3 is 4.98 Å². The van der Waals surface area contributed by atoms with E-state index in [0.29, 0.717) is 16.4 Å². The Hall–Kier alpha value is -1.10. The molecule has 1 N–H and O–H groups in total. The zero-order valence-electron chi connectivity index (χ0n) is 8.38. The molecule has 5 heteroatoms. The molecule has 0 aliphatic rings. The van der Waals surface area contributed by atoms with E-state index in [0.717, 1.165) is 0 Å². The van der Waals surface area contributed by atoms with Crippen molar-refractivity contribution in [1.29, 1.82) is 0 Å². The van der Waals surface area contributed by atoms with Crippen LogP contribution in [0.25, 0.3) is 0 Å². The average molecular weight is 212 g/mol. The van der Waals surface area contributed by atoms with Crippen LogP contribution in [0, 0.1) is 6.92 Å². The van der Waals surface area contributed by atoms with Crippen LogP contribution in [-0.2, 0) is 11.2 Å². The largest absolute Gasteiger partial charge is 0.301 e. The van der Waals surface area contributed by atoms with Gasteiger partial charge in [0.15, 0.2) is 5.16 Å². The molecule has 0 saturated carbocycles. The Morgan fingerprint density at radius 2 is 2.21 bits per heavy atom. The Morgan fingerprint density at radius 1 is 1.57 bits per heavy atom. The minimum absolute atomic E-state index is 0.0303. The summed E-state index contributed by atoms with van der Waals surface area (Å²) in [4.78, 5) is 29.2. The second-order valence-electron chi connectivity index (χ2n) is 3.02. The zero-order chi connectivity index (χ0) is 10.7. The molecule has 0 aliphatic heterocycles. The number of aryl methyl sites for hydroxylation is 1. The first-order valence-corrected chi connectivity index (χ1v) is 5.40. The molecule has 0 unspecified atom stereocenters. The molecule has 1 aromatic rings. The van der Waals surface area contributed by atoms with Gasteiger partial charge in [0, 0.05) is 17.7 Å². The fourth-order valence-electron chi connectivity index (χ4n) is 1.14. The van der Waals surface area contributed by atoms with Gasteiger partial charge in [-0.05, 0) is 20.1 Å². The van der Waals surface area contributed by atoms with Gasteiger partial charge >= 0.3 is 0 Å². The zero-order valence-corrected chi connectivity index (χ0v) is 9.20. The lowest BCUT2D eigenvalue weighted by Crippen LogP contribution is -2.19. The molecule has 0 amide bonds. The molecule has 1 aromatic heterocycles. The molecule has 0 saturated heterocycles. The number of Topliss-reactive ketones (excluding diaryl/α,β-unsaturated/α-hetero) is 1. The first kappa shape index (κ1) is 11.0. The molecule has 0 aliphatic carbocycles. The van der Waals surface area contributed by atoms with E-state index in [1.54, 1.807) is 6.92 Å². The summed E-state index contributed by atoms with van der Waals surface area (Å²) >= 11 is 1.37. The second kappa shape index (κ2) is 4.41. The minimum Gasteiger partial charge on any atom is -0.301 e. The van der Waals surface area contributed by atoms with E-state index in [4.69, 9.17) is 0 Å². The molecule has 0 fully saturated rings. The van der Waals surface area contributed by atoms with Crippen molar-refractivity contribution >= 4 is 17.5 Å². The quantitative estimate of drug-likeness (QED) is 0.598. The van der Waals surface area contributed by atoms with Crippen molar-refractivity contribution in [3.8, 4) is 0 Å². The highest BCUT2D eigenvalue weighted by molar-refractivity contribution is 7.98. The van der Waals surface area contributed by atoms with E-state index in [9.17, 15) is 9.59 Å². The average Bonchev–Trinajstić information content (AvgIpc) is 2.10. The van der Waals surface area contributed by atoms with Crippen LogP contribution in [0.2, 0.25) is 0 Å². The van der Waals surface area contributed by atoms with Gasteiger partial charge in [-0.2, -0.15) is 0 Å². The van der Waals surface area contributed by atoms with Crippen LogP contribution >= 0.6 is 11.8 Å². The highest BCUT2D eigenvalue weighted by Gasteiger charge is 2.09. The third-order valence-electron chi connectivity index (χ3n) is 1.82. The number of hydrogen-bond acceptors (Lipinski definition) is 4. The van der Waals surface area contributed by atoms with Crippen molar-refractivity contribution in [2.45, 2.75) is 25.4 Å². The fourth-order valence-corrected chi connectivity index (χ4v) is 1.56. The van der Waals surface area contributed by atoms with Gasteiger partial charge in [0.2, 0.25) is 0 Å². The van der Waals surface area contributed by atoms with Gasteiger partial charge in [-0.1, -0.05) is 11.8 Å². The van der Waals surface area contributed by atoms with Crippen molar-refractivity contribution in [3.05, 3.63) is 21.6 Å². The maximum absolute atomic E-state index is 11.5. The number of carbonyl (C=O) groups is 1. The molecule has 1 rings (SSSR count). The van der Waals surface area contributed by atoms with Crippen molar-refractivity contribution in [3.63, 3.8) is 0 Å². The molecule has 0 bridgehead atoms. The highest BCUT2D eigenvalue weighted by atomic mass is 32.2. The maximum atomic E-state index is 11.5. The first-order chi connectivity index (χ1) is 6.54. The van der Waals surface area contributed by atoms with Crippen LogP contribution in [0.15, 0.2) is 9.95 Å². The normalized spacial score (nSPS) is 10.2. The number of hydrogen-bond donors (Lipinski definition) is 1. The summed E-state index contributed by atoms with van der Waals surface area (Å²) in [5, 5.41) is 0.583. The van der Waals surface area contributed by atoms with E-state index >= 15 is 0 Å². The van der Waals surface area contributed by atoms with Crippen LogP contribution in [0.1, 0.15) is 18.2 Å². The predicted molar refractivity (Wildman–Crippen MR) is 55.8 cm³/mol. The smallest absolute Gasteiger partial charge is 0.255 e. The number of nitrogens with one attached hydrogen (secondary N) is 1. The standard InChI is InChI=1S/C9H12N2O2S/c1-5(12)4-7-6(2)10-9(14-3)11-8(7)13/h4H2,1-3H3,(H,10,11,13). The number of aromatic amines is 1. The van der Waals surface area contributed by atoms with Crippen molar-refractivity contribution in [2.24, 2.45) is 0 Å². The Kier molecular flexibility index (Phi) is 3.46. The van der Waals surface area contributed by atoms with Gasteiger partial charge in [-0.3, -0.25) is 9.59 Å². The SMILES string of the molecule is CSc1nc(C)c(CC(C)=O)c(=O)[nH]1. The maximum Gasteiger partial charge on any atom is 0.255 e. The minimum atomic E-state index is -0.211. The van der Waals surface area contributed by atoms with Crippen LogP contribution in [-0.4, -0.2) is 22.0 Å². The Labute approximate surface area is 86.1 Å². The van der Waals surface area contributed by atoms with Gasteiger partial charge in [-0.15, -0.1) is 0 Å². The van der Waals surface area contributed by atoms with E-state index in [1.807, 2.05) is 6.26 Å². The summed E-state index contributed by atoms with van der Waals surface area (Å²) in [5.41, 5.74) is 0.889. The molecule has 0 spiro atoms. The molecule has 76 valence electrons. The van der Waals surface area contributed by atoms with Gasteiger partial charge in [0.25, 0.3) is 5.56 Å². The van der Waals surface area contributed by atoms with E-state index in [-0.39, 0.29) is 17.8 Å². The van der Waals surface area contributed by atoms with E-state index in [1.165, 1.54) is 18.7 Å². The molecule has 0 aromatic carbocycles. The second-order valence-corrected chi connectivity index (χ2v) is 3.81. The van der Waals surface area contributed by atoms with Gasteiger partial charge in [-0.25, -0.2) is 4.98 Å². The van der Waals surface area contributed by atoms with Crippen LogP contribution in [0.5, 0.6) is 0 Å². The van der Waals surface area contributed by atoms with Crippen molar-refractivity contribution in [1.82, 2.24) is 9.97 Å². The number of rotatable bonds is 3. The predicted octanol–water partition coefficient (Wildman–Crippen LogP) is 0.932. The molecular formula is C9H12N2O2S. The van der Waals surface area contributed by atoms with Gasteiger partial charge in [0.1, 0.15) is 5.78 Å². The van der Waals surface area contributed by atoms with Crippen molar-refractivity contribution < 1.29 is 4.79 Å². The van der Waals surface area contributed by atoms with Crippen LogP contribution < -0.4 is 5.56 Å². The number of thioether (sulfide) groups is 1. The Bertz CT molecular complexity index is 412. The first-order valence-electron chi connectivity index (χ1n) is 4.17. The number of H-pyrrole nitrogens is 1. The molecular weight excluding hydrogens is 200 g/mol. The van der Waals surface area contributed by atoms with E-state index in [2.05, 4.69) is 9.97 Å². The summed E-state index contributed by atoms with van der Waals surface area (Å²) in [6.07, 6.45) is 1.99. The van der Waals surface area contributed by atoms with E-state index < -0.39 is 0 Å². The van der Waals surface area contributed by atoms with Gasteiger partial charge in [0.05, 0.1) is 0 Å². The molecule has 0 radical (unpaired) electrons.